The first-order chi connectivity index (χ1) is 12.6. The third kappa shape index (κ3) is 3.77. The molecule has 0 radical (unpaired) electrons. The van der Waals surface area contributed by atoms with E-state index in [9.17, 15) is 9.59 Å². The first-order valence-corrected chi connectivity index (χ1v) is 8.59. The van der Waals surface area contributed by atoms with Gasteiger partial charge in [-0.1, -0.05) is 31.5 Å². The number of aryl methyl sites for hydroxylation is 1. The molecule has 0 saturated carbocycles. The number of para-hydroxylation sites is 1. The zero-order valence-corrected chi connectivity index (χ0v) is 14.9. The highest BCUT2D eigenvalue weighted by molar-refractivity contribution is 5.97. The zero-order chi connectivity index (χ0) is 18.5. The first kappa shape index (κ1) is 17.7. The summed E-state index contributed by atoms with van der Waals surface area (Å²) in [4.78, 5) is 24.3. The van der Waals surface area contributed by atoms with Gasteiger partial charge in [0.15, 0.2) is 0 Å². The maximum atomic E-state index is 12.5. The Labute approximate surface area is 151 Å². The van der Waals surface area contributed by atoms with E-state index in [4.69, 9.17) is 9.15 Å². The molecule has 0 saturated heterocycles. The molecule has 0 bridgehead atoms. The predicted octanol–water partition coefficient (Wildman–Crippen LogP) is 3.68. The Morgan fingerprint density at radius 1 is 1.15 bits per heavy atom. The highest BCUT2D eigenvalue weighted by atomic mass is 16.5. The Balaban J connectivity index is 1.89. The van der Waals surface area contributed by atoms with Crippen molar-refractivity contribution in [2.45, 2.75) is 26.3 Å². The number of ether oxygens (including phenoxy) is 1. The standard InChI is InChI=1S/C21H21NO4/c1-3-6-14-9-10-19-17(11-14)15(12-20(23)26-19)13-22-21(24)16-7-4-5-8-18(16)25-2/h4-5,7-12H,3,6,13H2,1-2H3,(H,22,24). The molecule has 0 unspecified atom stereocenters. The number of fused-ring (bicyclic) bond motifs is 1. The largest absolute Gasteiger partial charge is 0.496 e. The van der Waals surface area contributed by atoms with Crippen LogP contribution in [0.1, 0.15) is 34.8 Å². The molecule has 3 aromatic rings. The van der Waals surface area contributed by atoms with Crippen molar-refractivity contribution >= 4 is 16.9 Å². The van der Waals surface area contributed by atoms with Gasteiger partial charge in [-0.3, -0.25) is 4.79 Å². The van der Waals surface area contributed by atoms with Crippen LogP contribution in [0.2, 0.25) is 0 Å². The van der Waals surface area contributed by atoms with Gasteiger partial charge < -0.3 is 14.5 Å². The monoisotopic (exact) mass is 351 g/mol. The number of carbonyl (C=O) groups is 1. The lowest BCUT2D eigenvalue weighted by atomic mass is 10.0. The average molecular weight is 351 g/mol. The van der Waals surface area contributed by atoms with Crippen LogP contribution in [0.4, 0.5) is 0 Å². The number of hydrogen-bond donors (Lipinski definition) is 1. The molecule has 5 heteroatoms. The molecule has 0 aliphatic carbocycles. The molecule has 0 fully saturated rings. The summed E-state index contributed by atoms with van der Waals surface area (Å²) in [6, 6.07) is 14.2. The maximum absolute atomic E-state index is 12.5. The van der Waals surface area contributed by atoms with Gasteiger partial charge in [0, 0.05) is 18.0 Å². The minimum Gasteiger partial charge on any atom is -0.496 e. The van der Waals surface area contributed by atoms with Crippen molar-refractivity contribution in [3.63, 3.8) is 0 Å². The summed E-state index contributed by atoms with van der Waals surface area (Å²) < 4.78 is 10.5. The van der Waals surface area contributed by atoms with E-state index < -0.39 is 5.63 Å². The van der Waals surface area contributed by atoms with Gasteiger partial charge in [-0.2, -0.15) is 0 Å². The summed E-state index contributed by atoms with van der Waals surface area (Å²) in [5.41, 5.74) is 2.46. The fraction of sp³-hybridized carbons (Fsp3) is 0.238. The molecule has 2 aromatic carbocycles. The normalized spacial score (nSPS) is 10.7. The molecule has 0 spiro atoms. The van der Waals surface area contributed by atoms with Crippen molar-refractivity contribution in [2.24, 2.45) is 0 Å². The van der Waals surface area contributed by atoms with Crippen LogP contribution in [-0.4, -0.2) is 13.0 Å². The van der Waals surface area contributed by atoms with Crippen molar-refractivity contribution in [1.82, 2.24) is 5.32 Å². The number of amides is 1. The van der Waals surface area contributed by atoms with Gasteiger partial charge in [0.1, 0.15) is 11.3 Å². The topological polar surface area (TPSA) is 68.5 Å². The van der Waals surface area contributed by atoms with Crippen LogP contribution in [-0.2, 0) is 13.0 Å². The average Bonchev–Trinajstić information content (AvgIpc) is 2.66. The maximum Gasteiger partial charge on any atom is 0.336 e. The molecule has 0 aliphatic rings. The Hall–Kier alpha value is -3.08. The second-order valence-corrected chi connectivity index (χ2v) is 6.05. The van der Waals surface area contributed by atoms with Crippen LogP contribution in [0.5, 0.6) is 5.75 Å². The highest BCUT2D eigenvalue weighted by Gasteiger charge is 2.13. The van der Waals surface area contributed by atoms with Gasteiger partial charge in [-0.25, -0.2) is 4.79 Å². The fourth-order valence-electron chi connectivity index (χ4n) is 2.97. The summed E-state index contributed by atoms with van der Waals surface area (Å²) in [6.07, 6.45) is 1.98. The molecule has 1 aromatic heterocycles. The van der Waals surface area contributed by atoms with Crippen molar-refractivity contribution < 1.29 is 13.9 Å². The van der Waals surface area contributed by atoms with E-state index >= 15 is 0 Å². The van der Waals surface area contributed by atoms with Gasteiger partial charge >= 0.3 is 5.63 Å². The second kappa shape index (κ2) is 7.87. The number of nitrogens with one attached hydrogen (secondary N) is 1. The Bertz CT molecular complexity index is 991. The van der Waals surface area contributed by atoms with Crippen molar-refractivity contribution in [3.05, 3.63) is 75.6 Å². The Morgan fingerprint density at radius 2 is 1.96 bits per heavy atom. The van der Waals surface area contributed by atoms with E-state index in [1.165, 1.54) is 18.7 Å². The fourth-order valence-corrected chi connectivity index (χ4v) is 2.97. The van der Waals surface area contributed by atoms with Gasteiger partial charge in [0.2, 0.25) is 0 Å². The van der Waals surface area contributed by atoms with E-state index in [1.54, 1.807) is 24.3 Å². The van der Waals surface area contributed by atoms with Gasteiger partial charge in [0.25, 0.3) is 5.91 Å². The van der Waals surface area contributed by atoms with E-state index in [-0.39, 0.29) is 12.5 Å². The minimum absolute atomic E-state index is 0.231. The number of rotatable bonds is 6. The van der Waals surface area contributed by atoms with Gasteiger partial charge in [-0.05, 0) is 41.8 Å². The quantitative estimate of drug-likeness (QED) is 0.688. The van der Waals surface area contributed by atoms with Gasteiger partial charge in [0.05, 0.1) is 12.7 Å². The molecule has 1 N–H and O–H groups in total. The lowest BCUT2D eigenvalue weighted by Crippen LogP contribution is -2.24. The molecule has 26 heavy (non-hydrogen) atoms. The van der Waals surface area contributed by atoms with E-state index in [1.807, 2.05) is 18.2 Å². The van der Waals surface area contributed by atoms with E-state index in [0.717, 1.165) is 23.8 Å². The molecule has 134 valence electrons. The summed E-state index contributed by atoms with van der Waals surface area (Å²) in [5, 5.41) is 3.70. The first-order valence-electron chi connectivity index (χ1n) is 8.59. The Morgan fingerprint density at radius 3 is 2.73 bits per heavy atom. The number of hydrogen-bond acceptors (Lipinski definition) is 4. The Kier molecular flexibility index (Phi) is 5.37. The number of benzene rings is 2. The SMILES string of the molecule is CCCc1ccc2oc(=O)cc(CNC(=O)c3ccccc3OC)c2c1. The minimum atomic E-state index is -0.428. The molecule has 3 rings (SSSR count). The van der Waals surface area contributed by atoms with Crippen molar-refractivity contribution in [2.75, 3.05) is 7.11 Å². The highest BCUT2D eigenvalue weighted by Crippen LogP contribution is 2.21. The molecule has 5 nitrogen and oxygen atoms in total. The summed E-state index contributed by atoms with van der Waals surface area (Å²) in [6.45, 7) is 2.35. The third-order valence-electron chi connectivity index (χ3n) is 4.22. The third-order valence-corrected chi connectivity index (χ3v) is 4.22. The van der Waals surface area contributed by atoms with E-state index in [2.05, 4.69) is 12.2 Å². The number of methoxy groups -OCH3 is 1. The predicted molar refractivity (Wildman–Crippen MR) is 101 cm³/mol. The van der Waals surface area contributed by atoms with Crippen LogP contribution in [0.15, 0.2) is 57.7 Å². The van der Waals surface area contributed by atoms with Crippen LogP contribution in [0, 0.1) is 0 Å². The van der Waals surface area contributed by atoms with Crippen molar-refractivity contribution in [3.8, 4) is 5.75 Å². The summed E-state index contributed by atoms with van der Waals surface area (Å²) >= 11 is 0. The molecule has 0 aliphatic heterocycles. The van der Waals surface area contributed by atoms with E-state index in [0.29, 0.717) is 16.9 Å². The van der Waals surface area contributed by atoms with Crippen LogP contribution < -0.4 is 15.7 Å². The van der Waals surface area contributed by atoms with Crippen molar-refractivity contribution in [1.29, 1.82) is 0 Å². The van der Waals surface area contributed by atoms with Crippen LogP contribution >= 0.6 is 0 Å². The number of carbonyl (C=O) groups excluding carboxylic acids is 1. The smallest absolute Gasteiger partial charge is 0.336 e. The lowest BCUT2D eigenvalue weighted by molar-refractivity contribution is 0.0948. The lowest BCUT2D eigenvalue weighted by Gasteiger charge is -2.11. The van der Waals surface area contributed by atoms with Crippen LogP contribution in [0.25, 0.3) is 11.0 Å². The van der Waals surface area contributed by atoms with Gasteiger partial charge in [-0.15, -0.1) is 0 Å². The summed E-state index contributed by atoms with van der Waals surface area (Å²) in [7, 11) is 1.53. The zero-order valence-electron chi connectivity index (χ0n) is 14.9. The van der Waals surface area contributed by atoms with Crippen LogP contribution in [0.3, 0.4) is 0 Å². The summed E-state index contributed by atoms with van der Waals surface area (Å²) in [5.74, 6) is 0.251. The molecular weight excluding hydrogens is 330 g/mol. The molecular formula is C21H21NO4. The molecule has 1 amide bonds. The molecule has 0 atom stereocenters. The second-order valence-electron chi connectivity index (χ2n) is 6.05. The molecule has 1 heterocycles.